The molecule has 0 unspecified atom stereocenters. The zero-order valence-electron chi connectivity index (χ0n) is 11.4. The number of hydrogen-bond acceptors (Lipinski definition) is 4. The van der Waals surface area contributed by atoms with Crippen LogP contribution in [0.4, 0.5) is 0 Å². The Hall–Kier alpha value is -1.14. The Labute approximate surface area is 137 Å². The van der Waals surface area contributed by atoms with Crippen molar-refractivity contribution in [3.05, 3.63) is 49.9 Å². The highest BCUT2D eigenvalue weighted by Gasteiger charge is 2.10. The number of thiazole rings is 1. The number of carbonyl (C=O) groups is 1. The molecule has 2 rings (SSSR count). The second-order valence-corrected chi connectivity index (χ2v) is 6.08. The Balaban J connectivity index is 1.86. The predicted molar refractivity (Wildman–Crippen MR) is 85.3 cm³/mol. The Morgan fingerprint density at radius 2 is 2.24 bits per heavy atom. The summed E-state index contributed by atoms with van der Waals surface area (Å²) in [6.07, 6.45) is 0.664. The predicted octanol–water partition coefficient (Wildman–Crippen LogP) is 3.57. The topological polar surface area (TPSA) is 51.2 Å². The van der Waals surface area contributed by atoms with Crippen LogP contribution in [0.2, 0.25) is 10.0 Å². The number of ether oxygens (including phenoxy) is 1. The molecule has 0 bridgehead atoms. The molecule has 0 saturated carbocycles. The molecule has 0 spiro atoms. The second-order valence-electron chi connectivity index (χ2n) is 4.30. The Kier molecular flexibility index (Phi) is 5.99. The lowest BCUT2D eigenvalue weighted by Gasteiger charge is -2.06. The van der Waals surface area contributed by atoms with Crippen LogP contribution in [0.5, 0.6) is 0 Å². The van der Waals surface area contributed by atoms with Gasteiger partial charge in [0.05, 0.1) is 22.9 Å². The first-order chi connectivity index (χ1) is 10.1. The SMILES string of the molecule is COCc1nc(CCNC(=O)c2ccc(Cl)cc2Cl)cs1. The summed E-state index contributed by atoms with van der Waals surface area (Å²) in [6.45, 7) is 1.01. The molecule has 1 heterocycles. The van der Waals surface area contributed by atoms with Crippen LogP contribution in [0, 0.1) is 0 Å². The second kappa shape index (κ2) is 7.75. The minimum Gasteiger partial charge on any atom is -0.378 e. The van der Waals surface area contributed by atoms with E-state index in [9.17, 15) is 4.79 Å². The van der Waals surface area contributed by atoms with Gasteiger partial charge in [0, 0.05) is 30.5 Å². The van der Waals surface area contributed by atoms with Crippen LogP contribution in [-0.4, -0.2) is 24.5 Å². The summed E-state index contributed by atoms with van der Waals surface area (Å²) in [5.74, 6) is -0.219. The van der Waals surface area contributed by atoms with E-state index in [1.54, 1.807) is 36.6 Å². The molecule has 7 heteroatoms. The average molecular weight is 345 g/mol. The van der Waals surface area contributed by atoms with Crippen molar-refractivity contribution in [1.82, 2.24) is 10.3 Å². The minimum absolute atomic E-state index is 0.219. The zero-order chi connectivity index (χ0) is 15.2. The Bertz CT molecular complexity index is 631. The first-order valence-corrected chi connectivity index (χ1v) is 7.89. The third kappa shape index (κ3) is 4.68. The third-order valence-corrected chi connectivity index (χ3v) is 4.13. The van der Waals surface area contributed by atoms with Crippen LogP contribution in [0.15, 0.2) is 23.6 Å². The fourth-order valence-electron chi connectivity index (χ4n) is 1.73. The van der Waals surface area contributed by atoms with Gasteiger partial charge in [0.1, 0.15) is 5.01 Å². The molecule has 0 aliphatic carbocycles. The van der Waals surface area contributed by atoms with Gasteiger partial charge in [0.2, 0.25) is 0 Å². The van der Waals surface area contributed by atoms with Crippen molar-refractivity contribution in [2.45, 2.75) is 13.0 Å². The molecule has 0 saturated heterocycles. The van der Waals surface area contributed by atoms with E-state index in [0.29, 0.717) is 35.2 Å². The van der Waals surface area contributed by atoms with E-state index in [1.807, 2.05) is 5.38 Å². The van der Waals surface area contributed by atoms with Gasteiger partial charge in [-0.1, -0.05) is 23.2 Å². The lowest BCUT2D eigenvalue weighted by molar-refractivity contribution is 0.0954. The van der Waals surface area contributed by atoms with Gasteiger partial charge >= 0.3 is 0 Å². The van der Waals surface area contributed by atoms with Gasteiger partial charge in [0.25, 0.3) is 5.91 Å². The molecular weight excluding hydrogens is 331 g/mol. The number of amides is 1. The van der Waals surface area contributed by atoms with E-state index in [-0.39, 0.29) is 5.91 Å². The van der Waals surface area contributed by atoms with Crippen LogP contribution in [0.25, 0.3) is 0 Å². The Morgan fingerprint density at radius 3 is 2.95 bits per heavy atom. The van der Waals surface area contributed by atoms with E-state index in [0.717, 1.165) is 10.7 Å². The first kappa shape index (κ1) is 16.2. The van der Waals surface area contributed by atoms with E-state index >= 15 is 0 Å². The summed E-state index contributed by atoms with van der Waals surface area (Å²) in [5, 5.41) is 6.56. The molecule has 112 valence electrons. The van der Waals surface area contributed by atoms with Gasteiger partial charge in [-0.2, -0.15) is 0 Å². The number of hydrogen-bond donors (Lipinski definition) is 1. The number of rotatable bonds is 6. The monoisotopic (exact) mass is 344 g/mol. The largest absolute Gasteiger partial charge is 0.378 e. The third-order valence-electron chi connectivity index (χ3n) is 2.71. The van der Waals surface area contributed by atoms with Gasteiger partial charge in [-0.05, 0) is 18.2 Å². The van der Waals surface area contributed by atoms with Crippen molar-refractivity contribution < 1.29 is 9.53 Å². The van der Waals surface area contributed by atoms with Gasteiger partial charge in [-0.25, -0.2) is 4.98 Å². The average Bonchev–Trinajstić information content (AvgIpc) is 2.86. The minimum atomic E-state index is -0.219. The highest BCUT2D eigenvalue weighted by atomic mass is 35.5. The lowest BCUT2D eigenvalue weighted by atomic mass is 10.2. The van der Waals surface area contributed by atoms with Crippen molar-refractivity contribution in [3.63, 3.8) is 0 Å². The van der Waals surface area contributed by atoms with E-state index < -0.39 is 0 Å². The van der Waals surface area contributed by atoms with Crippen molar-refractivity contribution in [1.29, 1.82) is 0 Å². The highest BCUT2D eigenvalue weighted by Crippen LogP contribution is 2.20. The smallest absolute Gasteiger partial charge is 0.252 e. The molecule has 0 radical (unpaired) electrons. The summed E-state index contributed by atoms with van der Waals surface area (Å²) >= 11 is 13.3. The van der Waals surface area contributed by atoms with Crippen LogP contribution in [-0.2, 0) is 17.8 Å². The Morgan fingerprint density at radius 1 is 1.43 bits per heavy atom. The van der Waals surface area contributed by atoms with Gasteiger partial charge in [0.15, 0.2) is 0 Å². The molecule has 21 heavy (non-hydrogen) atoms. The molecule has 0 aliphatic rings. The molecule has 1 aromatic carbocycles. The van der Waals surface area contributed by atoms with Crippen LogP contribution >= 0.6 is 34.5 Å². The van der Waals surface area contributed by atoms with Crippen LogP contribution < -0.4 is 5.32 Å². The molecule has 0 aliphatic heterocycles. The van der Waals surface area contributed by atoms with E-state index in [2.05, 4.69) is 10.3 Å². The van der Waals surface area contributed by atoms with Crippen molar-refractivity contribution in [3.8, 4) is 0 Å². The fourth-order valence-corrected chi connectivity index (χ4v) is 3.02. The number of carbonyl (C=O) groups excluding carboxylic acids is 1. The van der Waals surface area contributed by atoms with Gasteiger partial charge in [-0.3, -0.25) is 4.79 Å². The van der Waals surface area contributed by atoms with E-state index in [4.69, 9.17) is 27.9 Å². The number of aromatic nitrogens is 1. The molecule has 1 amide bonds. The number of nitrogens with one attached hydrogen (secondary N) is 1. The molecule has 4 nitrogen and oxygen atoms in total. The standard InChI is InChI=1S/C14H14Cl2N2O2S/c1-20-7-13-18-10(8-21-13)4-5-17-14(19)11-3-2-9(15)6-12(11)16/h2-3,6,8H,4-5,7H2,1H3,(H,17,19). The van der Waals surface area contributed by atoms with Crippen molar-refractivity contribution in [2.75, 3.05) is 13.7 Å². The quantitative estimate of drug-likeness (QED) is 0.871. The summed E-state index contributed by atoms with van der Waals surface area (Å²) < 4.78 is 5.02. The lowest BCUT2D eigenvalue weighted by Crippen LogP contribution is -2.26. The maximum absolute atomic E-state index is 12.0. The molecule has 0 atom stereocenters. The number of methoxy groups -OCH3 is 1. The fraction of sp³-hybridized carbons (Fsp3) is 0.286. The normalized spacial score (nSPS) is 10.6. The van der Waals surface area contributed by atoms with Crippen LogP contribution in [0.3, 0.4) is 0 Å². The van der Waals surface area contributed by atoms with Crippen molar-refractivity contribution >= 4 is 40.4 Å². The summed E-state index contributed by atoms with van der Waals surface area (Å²) in [7, 11) is 1.64. The number of nitrogens with zero attached hydrogens (tertiary/aromatic N) is 1. The zero-order valence-corrected chi connectivity index (χ0v) is 13.7. The molecule has 0 fully saturated rings. The molecular formula is C14H14Cl2N2O2S. The van der Waals surface area contributed by atoms with Gasteiger partial charge in [-0.15, -0.1) is 11.3 Å². The molecule has 2 aromatic rings. The number of halogens is 2. The van der Waals surface area contributed by atoms with Gasteiger partial charge < -0.3 is 10.1 Å². The maximum atomic E-state index is 12.0. The summed E-state index contributed by atoms with van der Waals surface area (Å²) in [5.41, 5.74) is 1.36. The van der Waals surface area contributed by atoms with Crippen molar-refractivity contribution in [2.24, 2.45) is 0 Å². The first-order valence-electron chi connectivity index (χ1n) is 6.25. The number of benzene rings is 1. The van der Waals surface area contributed by atoms with Crippen LogP contribution in [0.1, 0.15) is 21.1 Å². The summed E-state index contributed by atoms with van der Waals surface area (Å²) in [6, 6.07) is 4.80. The molecule has 1 N–H and O–H groups in total. The summed E-state index contributed by atoms with van der Waals surface area (Å²) in [4.78, 5) is 16.4. The molecule has 1 aromatic heterocycles. The maximum Gasteiger partial charge on any atom is 0.252 e. The van der Waals surface area contributed by atoms with E-state index in [1.165, 1.54) is 0 Å². The highest BCUT2D eigenvalue weighted by molar-refractivity contribution is 7.09.